The number of nitrogens with zero attached hydrogens (tertiary/aromatic N) is 2. The van der Waals surface area contributed by atoms with Crippen LogP contribution in [0.1, 0.15) is 52.4 Å². The fraction of sp³-hybridized carbons (Fsp3) is 1.00. The van der Waals surface area contributed by atoms with Crippen molar-refractivity contribution in [3.8, 4) is 0 Å². The van der Waals surface area contributed by atoms with Gasteiger partial charge in [-0.15, -0.1) is 0 Å². The van der Waals surface area contributed by atoms with Crippen molar-refractivity contribution in [3.63, 3.8) is 0 Å². The molecule has 1 aliphatic heterocycles. The lowest BCUT2D eigenvalue weighted by Gasteiger charge is -2.36. The number of hydrogen-bond donors (Lipinski definition) is 1. The van der Waals surface area contributed by atoms with E-state index in [0.717, 1.165) is 12.1 Å². The SMILES string of the molecule is CCC1CN(C)CCCN1C(C)CNC1CCCC1. The summed E-state index contributed by atoms with van der Waals surface area (Å²) in [6.07, 6.45) is 8.24. The molecule has 0 spiro atoms. The van der Waals surface area contributed by atoms with Gasteiger partial charge in [-0.2, -0.15) is 0 Å². The molecule has 0 radical (unpaired) electrons. The van der Waals surface area contributed by atoms with Crippen LogP contribution in [0.5, 0.6) is 0 Å². The lowest BCUT2D eigenvalue weighted by Crippen LogP contribution is -2.49. The predicted molar refractivity (Wildman–Crippen MR) is 82.6 cm³/mol. The van der Waals surface area contributed by atoms with Gasteiger partial charge in [-0.05, 0) is 46.2 Å². The Labute approximate surface area is 119 Å². The third-order valence-electron chi connectivity index (χ3n) is 5.04. The van der Waals surface area contributed by atoms with Crippen molar-refractivity contribution in [1.82, 2.24) is 15.1 Å². The quantitative estimate of drug-likeness (QED) is 0.825. The van der Waals surface area contributed by atoms with E-state index in [0.29, 0.717) is 6.04 Å². The zero-order chi connectivity index (χ0) is 13.7. The molecule has 0 aromatic carbocycles. The molecule has 1 aliphatic carbocycles. The van der Waals surface area contributed by atoms with E-state index < -0.39 is 0 Å². The number of rotatable bonds is 5. The Morgan fingerprint density at radius 3 is 2.58 bits per heavy atom. The normalized spacial score (nSPS) is 29.5. The summed E-state index contributed by atoms with van der Waals surface area (Å²) in [4.78, 5) is 5.26. The van der Waals surface area contributed by atoms with E-state index in [4.69, 9.17) is 0 Å². The molecule has 1 heterocycles. The smallest absolute Gasteiger partial charge is 0.0223 e. The van der Waals surface area contributed by atoms with Gasteiger partial charge < -0.3 is 10.2 Å². The fourth-order valence-electron chi connectivity index (χ4n) is 3.79. The highest BCUT2D eigenvalue weighted by atomic mass is 15.3. The molecule has 0 bridgehead atoms. The minimum absolute atomic E-state index is 0.678. The van der Waals surface area contributed by atoms with Gasteiger partial charge in [-0.3, -0.25) is 4.90 Å². The topological polar surface area (TPSA) is 18.5 Å². The maximum Gasteiger partial charge on any atom is 0.0223 e. The van der Waals surface area contributed by atoms with Crippen LogP contribution in [-0.2, 0) is 0 Å². The van der Waals surface area contributed by atoms with Gasteiger partial charge in [0.05, 0.1) is 0 Å². The third-order valence-corrected chi connectivity index (χ3v) is 5.04. The minimum atomic E-state index is 0.678. The molecule has 0 amide bonds. The van der Waals surface area contributed by atoms with E-state index in [9.17, 15) is 0 Å². The molecule has 0 aromatic rings. The van der Waals surface area contributed by atoms with Gasteiger partial charge in [0.2, 0.25) is 0 Å². The van der Waals surface area contributed by atoms with Gasteiger partial charge in [0.25, 0.3) is 0 Å². The Balaban J connectivity index is 1.82. The van der Waals surface area contributed by atoms with Crippen LogP contribution in [-0.4, -0.2) is 61.2 Å². The molecule has 3 heteroatoms. The zero-order valence-electron chi connectivity index (χ0n) is 13.2. The first kappa shape index (κ1) is 15.3. The molecule has 1 N–H and O–H groups in total. The highest BCUT2D eigenvalue weighted by molar-refractivity contribution is 4.84. The van der Waals surface area contributed by atoms with E-state index in [1.165, 1.54) is 64.7 Å². The maximum absolute atomic E-state index is 3.80. The van der Waals surface area contributed by atoms with Gasteiger partial charge in [0.1, 0.15) is 0 Å². The maximum atomic E-state index is 3.80. The van der Waals surface area contributed by atoms with Gasteiger partial charge in [0, 0.05) is 37.8 Å². The summed E-state index contributed by atoms with van der Waals surface area (Å²) in [6, 6.07) is 2.22. The summed E-state index contributed by atoms with van der Waals surface area (Å²) in [5, 5.41) is 3.80. The lowest BCUT2D eigenvalue weighted by atomic mass is 10.1. The Morgan fingerprint density at radius 1 is 1.16 bits per heavy atom. The lowest BCUT2D eigenvalue weighted by molar-refractivity contribution is 0.133. The first-order valence-corrected chi connectivity index (χ1v) is 8.38. The molecule has 2 fully saturated rings. The van der Waals surface area contributed by atoms with E-state index in [2.05, 4.69) is 36.0 Å². The summed E-state index contributed by atoms with van der Waals surface area (Å²) in [5.74, 6) is 0. The van der Waals surface area contributed by atoms with E-state index in [1.54, 1.807) is 0 Å². The predicted octanol–water partition coefficient (Wildman–Crippen LogP) is 2.32. The van der Waals surface area contributed by atoms with E-state index in [1.807, 2.05) is 0 Å². The van der Waals surface area contributed by atoms with Crippen LogP contribution in [0.15, 0.2) is 0 Å². The van der Waals surface area contributed by atoms with Crippen LogP contribution in [0.25, 0.3) is 0 Å². The molecule has 2 aliphatic rings. The van der Waals surface area contributed by atoms with Crippen LogP contribution < -0.4 is 5.32 Å². The average Bonchev–Trinajstić information content (AvgIpc) is 2.85. The van der Waals surface area contributed by atoms with E-state index in [-0.39, 0.29) is 0 Å². The fourth-order valence-corrected chi connectivity index (χ4v) is 3.79. The third kappa shape index (κ3) is 4.44. The van der Waals surface area contributed by atoms with Crippen LogP contribution in [0.2, 0.25) is 0 Å². The second-order valence-electron chi connectivity index (χ2n) is 6.65. The summed E-state index contributed by atoms with van der Waals surface area (Å²) in [5.41, 5.74) is 0. The van der Waals surface area contributed by atoms with Crippen molar-refractivity contribution in [1.29, 1.82) is 0 Å². The van der Waals surface area contributed by atoms with Crippen LogP contribution in [0.3, 0.4) is 0 Å². The molecular weight excluding hydrogens is 234 g/mol. The van der Waals surface area contributed by atoms with Crippen molar-refractivity contribution in [2.24, 2.45) is 0 Å². The highest BCUT2D eigenvalue weighted by Crippen LogP contribution is 2.19. The van der Waals surface area contributed by atoms with Crippen molar-refractivity contribution >= 4 is 0 Å². The molecular formula is C16H33N3. The van der Waals surface area contributed by atoms with Crippen LogP contribution in [0.4, 0.5) is 0 Å². The molecule has 2 rings (SSSR count). The van der Waals surface area contributed by atoms with Crippen molar-refractivity contribution in [2.75, 3.05) is 33.2 Å². The highest BCUT2D eigenvalue weighted by Gasteiger charge is 2.26. The molecule has 112 valence electrons. The molecule has 2 unspecified atom stereocenters. The zero-order valence-corrected chi connectivity index (χ0v) is 13.2. The van der Waals surface area contributed by atoms with Gasteiger partial charge >= 0.3 is 0 Å². The summed E-state index contributed by atoms with van der Waals surface area (Å²) < 4.78 is 0. The van der Waals surface area contributed by atoms with Gasteiger partial charge in [-0.25, -0.2) is 0 Å². The number of likely N-dealkylation sites (N-methyl/N-ethyl adjacent to an activating group) is 1. The molecule has 19 heavy (non-hydrogen) atoms. The summed E-state index contributed by atoms with van der Waals surface area (Å²) in [6.45, 7) is 9.70. The molecule has 1 saturated carbocycles. The van der Waals surface area contributed by atoms with E-state index >= 15 is 0 Å². The van der Waals surface area contributed by atoms with Gasteiger partial charge in [-0.1, -0.05) is 19.8 Å². The van der Waals surface area contributed by atoms with Crippen molar-refractivity contribution in [2.45, 2.75) is 70.5 Å². The summed E-state index contributed by atoms with van der Waals surface area (Å²) >= 11 is 0. The van der Waals surface area contributed by atoms with Crippen molar-refractivity contribution < 1.29 is 0 Å². The monoisotopic (exact) mass is 267 g/mol. The molecule has 2 atom stereocenters. The average molecular weight is 267 g/mol. The first-order valence-electron chi connectivity index (χ1n) is 8.38. The number of nitrogens with one attached hydrogen (secondary N) is 1. The number of hydrogen-bond acceptors (Lipinski definition) is 3. The van der Waals surface area contributed by atoms with Gasteiger partial charge in [0.15, 0.2) is 0 Å². The summed E-state index contributed by atoms with van der Waals surface area (Å²) in [7, 11) is 2.27. The Bertz CT molecular complexity index is 250. The Morgan fingerprint density at radius 2 is 1.89 bits per heavy atom. The van der Waals surface area contributed by atoms with Crippen LogP contribution in [0, 0.1) is 0 Å². The standard InChI is InChI=1S/C16H33N3/c1-4-16-13-18(3)10-7-11-19(16)14(2)12-17-15-8-5-6-9-15/h14-17H,4-13H2,1-3H3. The minimum Gasteiger partial charge on any atom is -0.312 e. The molecule has 3 nitrogen and oxygen atoms in total. The van der Waals surface area contributed by atoms with Crippen LogP contribution >= 0.6 is 0 Å². The Hall–Kier alpha value is -0.120. The Kier molecular flexibility index (Phi) is 6.11. The largest absolute Gasteiger partial charge is 0.312 e. The molecule has 0 aromatic heterocycles. The second-order valence-corrected chi connectivity index (χ2v) is 6.65. The first-order chi connectivity index (χ1) is 9.20. The van der Waals surface area contributed by atoms with Crippen molar-refractivity contribution in [3.05, 3.63) is 0 Å². The molecule has 1 saturated heterocycles. The second kappa shape index (κ2) is 7.61.